The van der Waals surface area contributed by atoms with E-state index in [1.54, 1.807) is 0 Å². The van der Waals surface area contributed by atoms with Crippen LogP contribution in [-0.4, -0.2) is 62.3 Å². The van der Waals surface area contributed by atoms with E-state index in [1.165, 1.54) is 51.6 Å². The summed E-state index contributed by atoms with van der Waals surface area (Å²) in [4.78, 5) is 7.14. The fourth-order valence-corrected chi connectivity index (χ4v) is 4.25. The van der Waals surface area contributed by atoms with Gasteiger partial charge < -0.3 is 15.4 Å². The van der Waals surface area contributed by atoms with Gasteiger partial charge in [0.05, 0.1) is 0 Å². The van der Waals surface area contributed by atoms with Gasteiger partial charge in [-0.15, -0.1) is 24.0 Å². The van der Waals surface area contributed by atoms with E-state index in [0.717, 1.165) is 38.6 Å². The van der Waals surface area contributed by atoms with E-state index in [0.29, 0.717) is 6.04 Å². The van der Waals surface area contributed by atoms with E-state index in [1.807, 2.05) is 7.05 Å². The molecule has 134 valence electrons. The smallest absolute Gasteiger partial charge is 0.191 e. The molecular formula is C17H33IN4O. The summed E-state index contributed by atoms with van der Waals surface area (Å²) in [5.41, 5.74) is 0.266. The number of hydrogen-bond acceptors (Lipinski definition) is 3. The highest BCUT2D eigenvalue weighted by molar-refractivity contribution is 14.0. The van der Waals surface area contributed by atoms with Crippen molar-refractivity contribution in [3.8, 4) is 0 Å². The van der Waals surface area contributed by atoms with Crippen LogP contribution in [0.15, 0.2) is 4.99 Å². The van der Waals surface area contributed by atoms with Crippen LogP contribution in [0.1, 0.15) is 51.4 Å². The molecule has 0 radical (unpaired) electrons. The highest BCUT2D eigenvalue weighted by Gasteiger charge is 2.39. The van der Waals surface area contributed by atoms with E-state index in [2.05, 4.69) is 20.5 Å². The van der Waals surface area contributed by atoms with Crippen LogP contribution in [0.4, 0.5) is 0 Å². The number of ether oxygens (including phenoxy) is 1. The molecule has 0 amide bonds. The number of aliphatic imine (C=N–C) groups is 1. The Morgan fingerprint density at radius 1 is 1.13 bits per heavy atom. The largest absolute Gasteiger partial charge is 0.381 e. The molecule has 0 atom stereocenters. The second-order valence-electron chi connectivity index (χ2n) is 7.08. The summed E-state index contributed by atoms with van der Waals surface area (Å²) >= 11 is 0. The van der Waals surface area contributed by atoms with Crippen LogP contribution in [0.5, 0.6) is 0 Å². The molecule has 0 aromatic rings. The maximum atomic E-state index is 5.62. The van der Waals surface area contributed by atoms with Crippen molar-refractivity contribution in [3.63, 3.8) is 0 Å². The molecule has 3 aliphatic rings. The fraction of sp³-hybridized carbons (Fsp3) is 0.941. The van der Waals surface area contributed by atoms with Crippen molar-refractivity contribution in [2.75, 3.05) is 39.9 Å². The van der Waals surface area contributed by atoms with Gasteiger partial charge in [-0.2, -0.15) is 0 Å². The lowest BCUT2D eigenvalue weighted by molar-refractivity contribution is -0.0164. The summed E-state index contributed by atoms with van der Waals surface area (Å²) < 4.78 is 5.62. The number of hydrogen-bond donors (Lipinski definition) is 2. The normalized spacial score (nSPS) is 26.0. The molecule has 1 saturated carbocycles. The summed E-state index contributed by atoms with van der Waals surface area (Å²) in [5.74, 6) is 0.983. The topological polar surface area (TPSA) is 48.9 Å². The zero-order valence-electron chi connectivity index (χ0n) is 14.5. The number of nitrogens with zero attached hydrogens (tertiary/aromatic N) is 2. The second-order valence-corrected chi connectivity index (χ2v) is 7.08. The average Bonchev–Trinajstić information content (AvgIpc) is 3.26. The van der Waals surface area contributed by atoms with Crippen LogP contribution < -0.4 is 10.6 Å². The first-order chi connectivity index (χ1) is 10.8. The van der Waals surface area contributed by atoms with Crippen LogP contribution >= 0.6 is 24.0 Å². The third-order valence-corrected chi connectivity index (χ3v) is 5.70. The molecule has 1 aliphatic carbocycles. The minimum absolute atomic E-state index is 0. The second kappa shape index (κ2) is 9.42. The molecule has 3 rings (SSSR count). The maximum absolute atomic E-state index is 5.62. The van der Waals surface area contributed by atoms with Gasteiger partial charge in [0.15, 0.2) is 5.96 Å². The van der Waals surface area contributed by atoms with Gasteiger partial charge in [-0.1, -0.05) is 12.8 Å². The number of rotatable bonds is 4. The Kier molecular flexibility index (Phi) is 7.88. The Hall–Kier alpha value is -0.0800. The third-order valence-electron chi connectivity index (χ3n) is 5.70. The first-order valence-corrected chi connectivity index (χ1v) is 9.12. The minimum atomic E-state index is 0. The monoisotopic (exact) mass is 436 g/mol. The van der Waals surface area contributed by atoms with Crippen molar-refractivity contribution < 1.29 is 4.74 Å². The third kappa shape index (κ3) is 4.95. The Morgan fingerprint density at radius 2 is 1.78 bits per heavy atom. The van der Waals surface area contributed by atoms with E-state index in [4.69, 9.17) is 4.74 Å². The molecule has 0 aromatic heterocycles. The molecule has 2 N–H and O–H groups in total. The molecule has 0 unspecified atom stereocenters. The van der Waals surface area contributed by atoms with Crippen LogP contribution in [0.3, 0.4) is 0 Å². The summed E-state index contributed by atoms with van der Waals surface area (Å²) in [6.45, 7) is 5.27. The molecule has 5 nitrogen and oxygen atoms in total. The van der Waals surface area contributed by atoms with Gasteiger partial charge in [-0.25, -0.2) is 0 Å². The quantitative estimate of drug-likeness (QED) is 0.404. The number of likely N-dealkylation sites (tertiary alicyclic amines) is 1. The van der Waals surface area contributed by atoms with Crippen LogP contribution in [0, 0.1) is 0 Å². The lowest BCUT2D eigenvalue weighted by Gasteiger charge is -2.45. The van der Waals surface area contributed by atoms with Crippen LogP contribution in [-0.2, 0) is 4.74 Å². The lowest BCUT2D eigenvalue weighted by atomic mass is 9.88. The van der Waals surface area contributed by atoms with Gasteiger partial charge in [0.2, 0.25) is 0 Å². The molecule has 3 fully saturated rings. The van der Waals surface area contributed by atoms with Crippen molar-refractivity contribution in [2.45, 2.75) is 62.9 Å². The molecule has 0 aromatic carbocycles. The molecule has 0 bridgehead atoms. The number of guanidine groups is 1. The molecule has 0 spiro atoms. The average molecular weight is 436 g/mol. The zero-order valence-corrected chi connectivity index (χ0v) is 16.8. The summed E-state index contributed by atoms with van der Waals surface area (Å²) in [5, 5.41) is 7.23. The van der Waals surface area contributed by atoms with Gasteiger partial charge in [-0.05, 0) is 51.6 Å². The number of halogens is 1. The fourth-order valence-electron chi connectivity index (χ4n) is 4.25. The molecule has 2 aliphatic heterocycles. The predicted octanol–water partition coefficient (Wildman–Crippen LogP) is 2.36. The molecule has 2 saturated heterocycles. The van der Waals surface area contributed by atoms with Crippen molar-refractivity contribution in [1.29, 1.82) is 0 Å². The van der Waals surface area contributed by atoms with E-state index in [-0.39, 0.29) is 29.5 Å². The van der Waals surface area contributed by atoms with Crippen LogP contribution in [0.25, 0.3) is 0 Å². The maximum Gasteiger partial charge on any atom is 0.191 e. The molecular weight excluding hydrogens is 403 g/mol. The Balaban J connectivity index is 0.00000192. The predicted molar refractivity (Wildman–Crippen MR) is 106 cm³/mol. The van der Waals surface area contributed by atoms with Crippen molar-refractivity contribution in [3.05, 3.63) is 0 Å². The first-order valence-electron chi connectivity index (χ1n) is 9.12. The standard InChI is InChI=1S/C17H32N4O.HI/c1-18-16(20-15-6-2-3-7-15)19-14-17(8-12-22-13-9-17)21-10-4-5-11-21;/h15H,2-14H2,1H3,(H2,18,19,20);1H. The van der Waals surface area contributed by atoms with Gasteiger partial charge in [0.25, 0.3) is 0 Å². The van der Waals surface area contributed by atoms with E-state index in [9.17, 15) is 0 Å². The van der Waals surface area contributed by atoms with Crippen molar-refractivity contribution in [2.24, 2.45) is 4.99 Å². The zero-order chi connectivity index (χ0) is 15.3. The SMILES string of the molecule is CN=C(NCC1(N2CCCC2)CCOCC1)NC1CCCC1.I. The van der Waals surface area contributed by atoms with Crippen LogP contribution in [0.2, 0.25) is 0 Å². The van der Waals surface area contributed by atoms with E-state index >= 15 is 0 Å². The molecule has 6 heteroatoms. The van der Waals surface area contributed by atoms with Gasteiger partial charge in [0.1, 0.15) is 0 Å². The lowest BCUT2D eigenvalue weighted by Crippen LogP contribution is -2.59. The minimum Gasteiger partial charge on any atom is -0.381 e. The highest BCUT2D eigenvalue weighted by Crippen LogP contribution is 2.30. The highest BCUT2D eigenvalue weighted by atomic mass is 127. The van der Waals surface area contributed by atoms with Crippen molar-refractivity contribution >= 4 is 29.9 Å². The first kappa shape index (κ1) is 19.2. The summed E-state index contributed by atoms with van der Waals surface area (Å²) in [7, 11) is 1.89. The number of nitrogens with one attached hydrogen (secondary N) is 2. The molecule has 23 heavy (non-hydrogen) atoms. The van der Waals surface area contributed by atoms with Gasteiger partial charge in [0, 0.05) is 38.4 Å². The van der Waals surface area contributed by atoms with Gasteiger partial charge >= 0.3 is 0 Å². The summed E-state index contributed by atoms with van der Waals surface area (Å²) in [6.07, 6.45) is 10.2. The summed E-state index contributed by atoms with van der Waals surface area (Å²) in [6, 6.07) is 0.614. The van der Waals surface area contributed by atoms with Crippen molar-refractivity contribution in [1.82, 2.24) is 15.5 Å². The molecule has 2 heterocycles. The van der Waals surface area contributed by atoms with E-state index < -0.39 is 0 Å². The Bertz CT molecular complexity index is 373. The Labute approximate surface area is 158 Å². The van der Waals surface area contributed by atoms with Gasteiger partial charge in [-0.3, -0.25) is 9.89 Å². The Morgan fingerprint density at radius 3 is 2.39 bits per heavy atom.